The van der Waals surface area contributed by atoms with Crippen molar-refractivity contribution in [1.82, 2.24) is 0 Å². The molecule has 0 aliphatic rings. The summed E-state index contributed by atoms with van der Waals surface area (Å²) in [5.74, 6) is 6.98. The molecule has 0 radical (unpaired) electrons. The second kappa shape index (κ2) is 6.29. The van der Waals surface area contributed by atoms with E-state index in [1.165, 1.54) is 7.11 Å². The van der Waals surface area contributed by atoms with Crippen molar-refractivity contribution in [1.29, 1.82) is 0 Å². The van der Waals surface area contributed by atoms with Crippen LogP contribution in [0.25, 0.3) is 11.0 Å². The molecule has 0 aliphatic heterocycles. The maximum Gasteiger partial charge on any atom is 0.356 e. The molecule has 0 saturated carbocycles. The first-order chi connectivity index (χ1) is 11.2. The second-order valence-corrected chi connectivity index (χ2v) is 4.77. The van der Waals surface area contributed by atoms with Crippen molar-refractivity contribution < 1.29 is 13.9 Å². The number of rotatable bonds is 2. The average molecular weight is 306 g/mol. The Morgan fingerprint density at radius 1 is 0.913 bits per heavy atom. The van der Waals surface area contributed by atoms with Crippen LogP contribution >= 0.6 is 0 Å². The fraction of sp³-hybridized carbons (Fsp3) is 0.105. The van der Waals surface area contributed by atoms with Crippen molar-refractivity contribution in [3.63, 3.8) is 0 Å². The van der Waals surface area contributed by atoms with E-state index in [0.717, 1.165) is 11.3 Å². The molecule has 0 N–H and O–H groups in total. The Balaban J connectivity index is 2.11. The first kappa shape index (κ1) is 14.7. The Kier molecular flexibility index (Phi) is 4.03. The molecule has 0 spiro atoms. The molecule has 3 rings (SSSR count). The zero-order valence-electron chi connectivity index (χ0n) is 12.8. The van der Waals surface area contributed by atoms with E-state index in [1.54, 1.807) is 19.2 Å². The van der Waals surface area contributed by atoms with E-state index in [4.69, 9.17) is 13.9 Å². The third-order valence-corrected chi connectivity index (χ3v) is 3.39. The number of ether oxygens (including phenoxy) is 2. The van der Waals surface area contributed by atoms with E-state index in [1.807, 2.05) is 36.4 Å². The van der Waals surface area contributed by atoms with Crippen molar-refractivity contribution in [2.45, 2.75) is 0 Å². The van der Waals surface area contributed by atoms with Crippen LogP contribution in [-0.2, 0) is 0 Å². The summed E-state index contributed by atoms with van der Waals surface area (Å²) in [5, 5.41) is 0.716. The molecule has 1 aromatic heterocycles. The maximum atomic E-state index is 12.2. The Labute approximate surface area is 133 Å². The van der Waals surface area contributed by atoms with Gasteiger partial charge in [-0.15, -0.1) is 0 Å². The van der Waals surface area contributed by atoms with Crippen LogP contribution in [0, 0.1) is 11.8 Å². The molecule has 1 heterocycles. The molecule has 4 nitrogen and oxygen atoms in total. The first-order valence-corrected chi connectivity index (χ1v) is 6.99. The van der Waals surface area contributed by atoms with Gasteiger partial charge in [-0.1, -0.05) is 24.0 Å². The first-order valence-electron chi connectivity index (χ1n) is 6.99. The molecular formula is C19H14O4. The van der Waals surface area contributed by atoms with Gasteiger partial charge in [0.2, 0.25) is 0 Å². The standard InChI is InChI=1S/C19H14O4/c1-21-14-10-7-13(8-11-14)9-12-16-18(22-2)15-5-3-4-6-17(15)23-19(16)20/h3-8,10-11H,1-2H3. The van der Waals surface area contributed by atoms with Gasteiger partial charge in [0.15, 0.2) is 11.3 Å². The Hall–Kier alpha value is -3.19. The molecular weight excluding hydrogens is 292 g/mol. The fourth-order valence-corrected chi connectivity index (χ4v) is 2.25. The van der Waals surface area contributed by atoms with Gasteiger partial charge in [-0.05, 0) is 36.4 Å². The largest absolute Gasteiger partial charge is 0.497 e. The number of methoxy groups -OCH3 is 2. The fourth-order valence-electron chi connectivity index (χ4n) is 2.25. The average Bonchev–Trinajstić information content (AvgIpc) is 2.60. The molecule has 0 atom stereocenters. The molecule has 0 aliphatic carbocycles. The van der Waals surface area contributed by atoms with E-state index >= 15 is 0 Å². The highest BCUT2D eigenvalue weighted by Gasteiger charge is 2.13. The monoisotopic (exact) mass is 306 g/mol. The number of hydrogen-bond acceptors (Lipinski definition) is 4. The third-order valence-electron chi connectivity index (χ3n) is 3.39. The van der Waals surface area contributed by atoms with Crippen molar-refractivity contribution in [3.8, 4) is 23.3 Å². The summed E-state index contributed by atoms with van der Waals surface area (Å²) in [4.78, 5) is 12.2. The minimum Gasteiger partial charge on any atom is -0.497 e. The van der Waals surface area contributed by atoms with Crippen LogP contribution in [0.2, 0.25) is 0 Å². The van der Waals surface area contributed by atoms with E-state index < -0.39 is 5.63 Å². The van der Waals surface area contributed by atoms with Crippen LogP contribution < -0.4 is 15.1 Å². The lowest BCUT2D eigenvalue weighted by atomic mass is 10.1. The van der Waals surface area contributed by atoms with Gasteiger partial charge >= 0.3 is 5.63 Å². The van der Waals surface area contributed by atoms with Gasteiger partial charge in [0.1, 0.15) is 11.3 Å². The van der Waals surface area contributed by atoms with Crippen LogP contribution in [-0.4, -0.2) is 14.2 Å². The molecule has 4 heteroatoms. The zero-order valence-corrected chi connectivity index (χ0v) is 12.8. The highest BCUT2D eigenvalue weighted by Crippen LogP contribution is 2.26. The van der Waals surface area contributed by atoms with Crippen LogP contribution in [0.5, 0.6) is 11.5 Å². The van der Waals surface area contributed by atoms with Crippen LogP contribution in [0.1, 0.15) is 11.1 Å². The van der Waals surface area contributed by atoms with Crippen molar-refractivity contribution in [2.24, 2.45) is 0 Å². The Morgan fingerprint density at radius 3 is 2.35 bits per heavy atom. The molecule has 3 aromatic rings. The summed E-state index contributed by atoms with van der Waals surface area (Å²) in [6.07, 6.45) is 0. The van der Waals surface area contributed by atoms with Crippen LogP contribution in [0.15, 0.2) is 57.7 Å². The van der Waals surface area contributed by atoms with E-state index in [2.05, 4.69) is 11.8 Å². The quantitative estimate of drug-likeness (QED) is 0.539. The van der Waals surface area contributed by atoms with Crippen molar-refractivity contribution >= 4 is 11.0 Å². The number of fused-ring (bicyclic) bond motifs is 1. The molecule has 0 bridgehead atoms. The summed E-state index contributed by atoms with van der Waals surface area (Å²) in [6, 6.07) is 14.5. The predicted molar refractivity (Wildman–Crippen MR) is 88.0 cm³/mol. The molecule has 114 valence electrons. The summed E-state index contributed by atoms with van der Waals surface area (Å²) in [5.41, 5.74) is 0.938. The minimum absolute atomic E-state index is 0.210. The molecule has 0 unspecified atom stereocenters. The molecule has 0 saturated heterocycles. The van der Waals surface area contributed by atoms with E-state index in [9.17, 15) is 4.79 Å². The third kappa shape index (κ3) is 2.90. The smallest absolute Gasteiger partial charge is 0.356 e. The lowest BCUT2D eigenvalue weighted by Gasteiger charge is -2.05. The lowest BCUT2D eigenvalue weighted by molar-refractivity contribution is 0.411. The Bertz CT molecular complexity index is 957. The Morgan fingerprint density at radius 2 is 1.65 bits per heavy atom. The number of para-hydroxylation sites is 1. The minimum atomic E-state index is -0.512. The SMILES string of the molecule is COc1ccc(C#Cc2c(OC)c3ccccc3oc2=O)cc1. The lowest BCUT2D eigenvalue weighted by Crippen LogP contribution is -2.07. The van der Waals surface area contributed by atoms with Crippen LogP contribution in [0.4, 0.5) is 0 Å². The predicted octanol–water partition coefficient (Wildman–Crippen LogP) is 3.21. The van der Waals surface area contributed by atoms with Gasteiger partial charge in [-0.2, -0.15) is 0 Å². The molecule has 23 heavy (non-hydrogen) atoms. The van der Waals surface area contributed by atoms with Crippen molar-refractivity contribution in [3.05, 3.63) is 70.1 Å². The van der Waals surface area contributed by atoms with Crippen molar-refractivity contribution in [2.75, 3.05) is 14.2 Å². The van der Waals surface area contributed by atoms with Gasteiger partial charge in [0.05, 0.1) is 19.6 Å². The summed E-state index contributed by atoms with van der Waals surface area (Å²) < 4.78 is 15.8. The topological polar surface area (TPSA) is 48.7 Å². The van der Waals surface area contributed by atoms with Gasteiger partial charge in [-0.25, -0.2) is 4.79 Å². The molecule has 2 aromatic carbocycles. The summed E-state index contributed by atoms with van der Waals surface area (Å²) in [7, 11) is 3.12. The van der Waals surface area contributed by atoms with E-state index in [0.29, 0.717) is 16.7 Å². The molecule has 0 amide bonds. The summed E-state index contributed by atoms with van der Waals surface area (Å²) >= 11 is 0. The number of hydrogen-bond donors (Lipinski definition) is 0. The maximum absolute atomic E-state index is 12.2. The van der Waals surface area contributed by atoms with E-state index in [-0.39, 0.29) is 5.56 Å². The second-order valence-electron chi connectivity index (χ2n) is 4.77. The van der Waals surface area contributed by atoms with Gasteiger partial charge in [0.25, 0.3) is 0 Å². The highest BCUT2D eigenvalue weighted by molar-refractivity contribution is 5.85. The highest BCUT2D eigenvalue weighted by atomic mass is 16.5. The zero-order chi connectivity index (χ0) is 16.2. The van der Waals surface area contributed by atoms with Crippen LogP contribution in [0.3, 0.4) is 0 Å². The summed E-state index contributed by atoms with van der Waals surface area (Å²) in [6.45, 7) is 0. The van der Waals surface area contributed by atoms with Gasteiger partial charge in [-0.3, -0.25) is 0 Å². The number of benzene rings is 2. The molecule has 0 fully saturated rings. The normalized spacial score (nSPS) is 10.0. The van der Waals surface area contributed by atoms with Gasteiger partial charge in [0, 0.05) is 5.56 Å². The van der Waals surface area contributed by atoms with Gasteiger partial charge < -0.3 is 13.9 Å².